The number of carbonyl (C=O) groups is 1. The Bertz CT molecular complexity index is 1340. The number of ether oxygens (including phenoxy) is 1. The number of aromatic hydroxyl groups is 1. The Morgan fingerprint density at radius 1 is 1.19 bits per heavy atom. The van der Waals surface area contributed by atoms with Crippen molar-refractivity contribution in [1.29, 1.82) is 0 Å². The Hall–Kier alpha value is -2.56. The smallest absolute Gasteiger partial charge is 0.481 e. The van der Waals surface area contributed by atoms with E-state index in [0.717, 1.165) is 23.0 Å². The normalized spacial score (nSPS) is 25.2. The summed E-state index contributed by atoms with van der Waals surface area (Å²) in [4.78, 5) is 59.5. The van der Waals surface area contributed by atoms with E-state index in [4.69, 9.17) is 4.74 Å². The molecular weight excluding hydrogens is 532 g/mol. The minimum Gasteiger partial charge on any atom is -0.505 e. The molecule has 2 aromatic heterocycles. The summed E-state index contributed by atoms with van der Waals surface area (Å²) in [6.07, 6.45) is -4.16. The summed E-state index contributed by atoms with van der Waals surface area (Å²) < 4.78 is 43.6. The molecule has 0 aliphatic carbocycles. The van der Waals surface area contributed by atoms with Crippen molar-refractivity contribution in [3.05, 3.63) is 56.1 Å². The molecule has 17 nitrogen and oxygen atoms in total. The number of nitrogens with one attached hydrogen (secondary N) is 1. The molecule has 198 valence electrons. The van der Waals surface area contributed by atoms with Crippen molar-refractivity contribution >= 4 is 21.9 Å². The lowest BCUT2D eigenvalue weighted by molar-refractivity contribution is -0.0543. The van der Waals surface area contributed by atoms with Gasteiger partial charge in [-0.2, -0.15) is 4.31 Å². The predicted octanol–water partition coefficient (Wildman–Crippen LogP) is -1.17. The van der Waals surface area contributed by atoms with Gasteiger partial charge in [-0.25, -0.2) is 13.9 Å². The van der Waals surface area contributed by atoms with Crippen LogP contribution in [0.5, 0.6) is 5.75 Å². The summed E-state index contributed by atoms with van der Waals surface area (Å²) in [6, 6.07) is 0.953. The Labute approximate surface area is 200 Å². The van der Waals surface area contributed by atoms with E-state index in [1.807, 2.05) is 4.98 Å². The van der Waals surface area contributed by atoms with E-state index >= 15 is 0 Å². The third-order valence-corrected chi connectivity index (χ3v) is 7.51. The molecule has 0 bridgehead atoms. The maximum Gasteiger partial charge on any atom is 0.481 e. The predicted molar refractivity (Wildman–Crippen MR) is 115 cm³/mol. The first kappa shape index (κ1) is 28.0. The van der Waals surface area contributed by atoms with Gasteiger partial charge in [-0.05, 0) is 6.92 Å². The van der Waals surface area contributed by atoms with Gasteiger partial charge in [0.05, 0.1) is 24.5 Å². The number of aliphatic hydroxyl groups is 2. The number of phosphoric acid groups is 2. The Morgan fingerprint density at radius 2 is 1.86 bits per heavy atom. The number of aldehydes is 1. The molecule has 0 aromatic carbocycles. The van der Waals surface area contributed by atoms with Crippen molar-refractivity contribution in [1.82, 2.24) is 14.5 Å². The highest BCUT2D eigenvalue weighted by Crippen LogP contribution is 2.61. The fourth-order valence-corrected chi connectivity index (χ4v) is 5.18. The highest BCUT2D eigenvalue weighted by Gasteiger charge is 2.46. The summed E-state index contributed by atoms with van der Waals surface area (Å²) >= 11 is 0. The van der Waals surface area contributed by atoms with Gasteiger partial charge >= 0.3 is 21.3 Å². The van der Waals surface area contributed by atoms with Gasteiger partial charge in [0, 0.05) is 24.0 Å². The lowest BCUT2D eigenvalue weighted by Gasteiger charge is -2.19. The van der Waals surface area contributed by atoms with E-state index in [0.29, 0.717) is 0 Å². The third kappa shape index (κ3) is 6.41. The minimum atomic E-state index is -5.34. The van der Waals surface area contributed by atoms with Crippen LogP contribution in [0.2, 0.25) is 0 Å². The third-order valence-electron chi connectivity index (χ3n) is 4.93. The molecule has 2 unspecified atom stereocenters. The van der Waals surface area contributed by atoms with E-state index < -0.39 is 70.4 Å². The van der Waals surface area contributed by atoms with Crippen LogP contribution in [0, 0.1) is 6.92 Å². The second-order valence-electron chi connectivity index (χ2n) is 7.40. The van der Waals surface area contributed by atoms with Gasteiger partial charge in [0.2, 0.25) is 0 Å². The number of pyridine rings is 1. The van der Waals surface area contributed by atoms with Crippen LogP contribution in [0.3, 0.4) is 0 Å². The quantitative estimate of drug-likeness (QED) is 0.150. The SMILES string of the molecule is Cc1ncc(COP(=O)(O)OP(=O)(O)OC[C@H]2O[C@@H](n3ccc(=O)[nH]c3=O)[C@H](O)[C@@H]2O)c(C=O)c1O. The molecule has 36 heavy (non-hydrogen) atoms. The van der Waals surface area contributed by atoms with Gasteiger partial charge in [0.1, 0.15) is 24.1 Å². The molecule has 19 heteroatoms. The summed E-state index contributed by atoms with van der Waals surface area (Å²) in [5.41, 5.74) is -2.00. The van der Waals surface area contributed by atoms with Gasteiger partial charge in [0.25, 0.3) is 5.56 Å². The van der Waals surface area contributed by atoms with E-state index in [1.54, 1.807) is 0 Å². The van der Waals surface area contributed by atoms with Crippen LogP contribution in [-0.2, 0) is 33.8 Å². The summed E-state index contributed by atoms with van der Waals surface area (Å²) in [7, 11) is -10.6. The zero-order valence-corrected chi connectivity index (χ0v) is 20.0. The molecule has 2 aromatic rings. The number of carbonyl (C=O) groups excluding carboxylic acids is 1. The molecular formula is C17H21N3O14P2. The second-order valence-corrected chi connectivity index (χ2v) is 10.4. The van der Waals surface area contributed by atoms with Crippen LogP contribution in [-0.4, -0.2) is 70.8 Å². The summed E-state index contributed by atoms with van der Waals surface area (Å²) in [6.45, 7) is -0.377. The lowest BCUT2D eigenvalue weighted by atomic mass is 10.1. The van der Waals surface area contributed by atoms with Crippen LogP contribution in [0.25, 0.3) is 0 Å². The van der Waals surface area contributed by atoms with Crippen molar-refractivity contribution in [2.24, 2.45) is 0 Å². The summed E-state index contributed by atoms with van der Waals surface area (Å²) in [5, 5.41) is 30.1. The molecule has 1 aliphatic heterocycles. The first-order chi connectivity index (χ1) is 16.7. The molecule has 0 amide bonds. The van der Waals surface area contributed by atoms with E-state index in [1.165, 1.54) is 6.92 Å². The van der Waals surface area contributed by atoms with E-state index in [-0.39, 0.29) is 23.1 Å². The number of hydrogen-bond acceptors (Lipinski definition) is 13. The maximum atomic E-state index is 12.1. The molecule has 1 fully saturated rings. The standard InChI is InChI=1S/C17H21N3O14P2/c1-8-13(23)10(5-21)9(4-18-8)6-31-35(27,28)34-36(29,30)32-7-11-14(24)15(25)16(33-11)20-3-2-12(22)19-17(20)26/h2-5,11,14-16,23-25H,6-7H2,1H3,(H,27,28)(H,29,30)(H,19,22,26)/t11-,14-,15-,16-/m1/s1. The Kier molecular flexibility index (Phi) is 8.42. The number of aromatic amines is 1. The van der Waals surface area contributed by atoms with Crippen LogP contribution in [0.4, 0.5) is 0 Å². The highest BCUT2D eigenvalue weighted by molar-refractivity contribution is 7.61. The van der Waals surface area contributed by atoms with Gasteiger partial charge in [-0.1, -0.05) is 0 Å². The van der Waals surface area contributed by atoms with Gasteiger partial charge in [-0.3, -0.25) is 33.2 Å². The number of aryl methyl sites for hydroxylation is 1. The summed E-state index contributed by atoms with van der Waals surface area (Å²) in [5.74, 6) is -0.490. The number of aliphatic hydroxyl groups excluding tert-OH is 2. The van der Waals surface area contributed by atoms with Crippen LogP contribution in [0.1, 0.15) is 27.8 Å². The van der Waals surface area contributed by atoms with E-state index in [2.05, 4.69) is 18.3 Å². The molecule has 6 atom stereocenters. The monoisotopic (exact) mass is 553 g/mol. The molecule has 3 rings (SSSR count). The van der Waals surface area contributed by atoms with Gasteiger partial charge < -0.3 is 29.8 Å². The van der Waals surface area contributed by atoms with Crippen LogP contribution >= 0.6 is 15.6 Å². The number of H-pyrrole nitrogens is 1. The maximum absolute atomic E-state index is 12.1. The fourth-order valence-electron chi connectivity index (χ4n) is 3.12. The molecule has 0 radical (unpaired) electrons. The van der Waals surface area contributed by atoms with Crippen molar-refractivity contribution in [2.45, 2.75) is 38.1 Å². The number of nitrogens with zero attached hydrogens (tertiary/aromatic N) is 2. The van der Waals surface area contributed by atoms with Crippen molar-refractivity contribution in [2.75, 3.05) is 6.61 Å². The number of rotatable bonds is 10. The van der Waals surface area contributed by atoms with Crippen molar-refractivity contribution < 1.29 is 57.1 Å². The first-order valence-electron chi connectivity index (χ1n) is 9.86. The number of hydrogen-bond donors (Lipinski definition) is 6. The van der Waals surface area contributed by atoms with Gasteiger partial charge in [-0.15, -0.1) is 0 Å². The molecule has 0 spiro atoms. The zero-order chi connectivity index (χ0) is 26.8. The number of phosphoric ester groups is 2. The van der Waals surface area contributed by atoms with Crippen molar-refractivity contribution in [3.8, 4) is 5.75 Å². The lowest BCUT2D eigenvalue weighted by Crippen LogP contribution is -2.37. The average molecular weight is 553 g/mol. The molecule has 1 saturated heterocycles. The molecule has 1 aliphatic rings. The molecule has 0 saturated carbocycles. The van der Waals surface area contributed by atoms with Crippen LogP contribution < -0.4 is 11.2 Å². The highest BCUT2D eigenvalue weighted by atomic mass is 31.3. The van der Waals surface area contributed by atoms with Crippen molar-refractivity contribution in [3.63, 3.8) is 0 Å². The number of aromatic nitrogens is 3. The minimum absolute atomic E-state index is 0.103. The van der Waals surface area contributed by atoms with E-state index in [9.17, 15) is 48.6 Å². The Balaban J connectivity index is 1.61. The molecule has 3 heterocycles. The first-order valence-corrected chi connectivity index (χ1v) is 12.9. The Morgan fingerprint density at radius 3 is 2.50 bits per heavy atom. The topological polar surface area (TPSA) is 257 Å². The molecule has 6 N–H and O–H groups in total. The second kappa shape index (κ2) is 10.8. The van der Waals surface area contributed by atoms with Gasteiger partial charge in [0.15, 0.2) is 12.5 Å². The largest absolute Gasteiger partial charge is 0.505 e. The zero-order valence-electron chi connectivity index (χ0n) is 18.2. The van der Waals surface area contributed by atoms with Crippen LogP contribution in [0.15, 0.2) is 28.0 Å². The average Bonchev–Trinajstić information content (AvgIpc) is 3.06. The fraction of sp³-hybridized carbons (Fsp3) is 0.412.